The monoisotopic (exact) mass is 287 g/mol. The van der Waals surface area contributed by atoms with E-state index in [1.54, 1.807) is 0 Å². The maximum atomic E-state index is 14.1. The number of phenols is 1. The van der Waals surface area contributed by atoms with Crippen LogP contribution in [0.15, 0.2) is 21.6 Å². The SMILES string of the molecule is CS(=O)(=O)c1c(O)ccc(-c2noc(CN)n2)c1F. The van der Waals surface area contributed by atoms with Gasteiger partial charge in [0, 0.05) is 6.26 Å². The Kier molecular flexibility index (Phi) is 3.25. The lowest BCUT2D eigenvalue weighted by Crippen LogP contribution is -2.03. The van der Waals surface area contributed by atoms with Gasteiger partial charge in [-0.05, 0) is 12.1 Å². The smallest absolute Gasteiger partial charge is 0.240 e. The van der Waals surface area contributed by atoms with Gasteiger partial charge in [0.15, 0.2) is 15.7 Å². The first-order valence-corrected chi connectivity index (χ1v) is 6.98. The standard InChI is InChI=1S/C10H10FN3O4S/c1-19(16,17)9-6(15)3-2-5(8(9)11)10-13-7(4-12)18-14-10/h2-3,15H,4,12H2,1H3. The zero-order valence-electron chi connectivity index (χ0n) is 9.79. The predicted molar refractivity (Wildman–Crippen MR) is 62.4 cm³/mol. The number of hydrogen-bond acceptors (Lipinski definition) is 7. The minimum atomic E-state index is -3.93. The van der Waals surface area contributed by atoms with Crippen LogP contribution in [0, 0.1) is 5.82 Å². The molecule has 0 aliphatic heterocycles. The molecule has 2 aromatic rings. The largest absolute Gasteiger partial charge is 0.506 e. The van der Waals surface area contributed by atoms with Crippen LogP contribution in [0.4, 0.5) is 4.39 Å². The summed E-state index contributed by atoms with van der Waals surface area (Å²) in [5, 5.41) is 12.9. The Balaban J connectivity index is 2.67. The number of phenolic OH excluding ortho intramolecular Hbond substituents is 1. The first kappa shape index (κ1) is 13.4. The van der Waals surface area contributed by atoms with Crippen molar-refractivity contribution in [2.45, 2.75) is 11.4 Å². The van der Waals surface area contributed by atoms with Crippen molar-refractivity contribution in [3.8, 4) is 17.1 Å². The summed E-state index contributed by atoms with van der Waals surface area (Å²) in [5.41, 5.74) is 5.08. The molecule has 2 rings (SSSR count). The molecule has 0 fully saturated rings. The van der Waals surface area contributed by atoms with Crippen LogP contribution in [-0.4, -0.2) is 29.9 Å². The molecule has 0 bridgehead atoms. The van der Waals surface area contributed by atoms with Crippen LogP contribution >= 0.6 is 0 Å². The van der Waals surface area contributed by atoms with Crippen LogP contribution in [0.3, 0.4) is 0 Å². The van der Waals surface area contributed by atoms with E-state index in [-0.39, 0.29) is 23.8 Å². The number of benzene rings is 1. The third-order valence-electron chi connectivity index (χ3n) is 2.33. The van der Waals surface area contributed by atoms with E-state index in [0.29, 0.717) is 0 Å². The molecule has 0 radical (unpaired) electrons. The average Bonchev–Trinajstić information content (AvgIpc) is 2.75. The molecule has 0 atom stereocenters. The Bertz CT molecular complexity index is 726. The molecule has 0 aliphatic carbocycles. The summed E-state index contributed by atoms with van der Waals surface area (Å²) >= 11 is 0. The summed E-state index contributed by atoms with van der Waals surface area (Å²) in [6, 6.07) is 2.21. The van der Waals surface area contributed by atoms with Crippen molar-refractivity contribution >= 4 is 9.84 Å². The molecule has 0 aliphatic rings. The summed E-state index contributed by atoms with van der Waals surface area (Å²) in [5.74, 6) is -1.86. The Morgan fingerprint density at radius 1 is 1.47 bits per heavy atom. The molecule has 1 heterocycles. The fraction of sp³-hybridized carbons (Fsp3) is 0.200. The van der Waals surface area contributed by atoms with Crippen LogP contribution in [0.1, 0.15) is 5.89 Å². The highest BCUT2D eigenvalue weighted by Crippen LogP contribution is 2.32. The van der Waals surface area contributed by atoms with Gasteiger partial charge in [-0.15, -0.1) is 0 Å². The number of aromatic hydroxyl groups is 1. The summed E-state index contributed by atoms with van der Waals surface area (Å²) in [4.78, 5) is 2.99. The molecular formula is C10H10FN3O4S. The van der Waals surface area contributed by atoms with Crippen LogP contribution in [0.25, 0.3) is 11.4 Å². The Morgan fingerprint density at radius 3 is 2.68 bits per heavy atom. The molecule has 7 nitrogen and oxygen atoms in total. The Labute approximate surface area is 107 Å². The van der Waals surface area contributed by atoms with Gasteiger partial charge in [0.05, 0.1) is 12.1 Å². The molecule has 0 amide bonds. The van der Waals surface area contributed by atoms with Crippen molar-refractivity contribution in [1.29, 1.82) is 0 Å². The molecular weight excluding hydrogens is 277 g/mol. The van der Waals surface area contributed by atoms with Gasteiger partial charge in [-0.25, -0.2) is 12.8 Å². The van der Waals surface area contributed by atoms with Crippen molar-refractivity contribution in [3.05, 3.63) is 23.8 Å². The molecule has 19 heavy (non-hydrogen) atoms. The number of sulfone groups is 1. The summed E-state index contributed by atoms with van der Waals surface area (Å²) < 4.78 is 41.7. The topological polar surface area (TPSA) is 119 Å². The van der Waals surface area contributed by atoms with Gasteiger partial charge in [0.2, 0.25) is 11.7 Å². The average molecular weight is 287 g/mol. The molecule has 0 spiro atoms. The number of nitrogens with zero attached hydrogens (tertiary/aromatic N) is 2. The number of halogens is 1. The van der Waals surface area contributed by atoms with Crippen molar-refractivity contribution in [2.24, 2.45) is 5.73 Å². The molecule has 0 unspecified atom stereocenters. The van der Waals surface area contributed by atoms with E-state index in [2.05, 4.69) is 10.1 Å². The second-order valence-electron chi connectivity index (χ2n) is 3.76. The molecule has 102 valence electrons. The van der Waals surface area contributed by atoms with Gasteiger partial charge in [0.1, 0.15) is 10.6 Å². The molecule has 9 heteroatoms. The number of rotatable bonds is 3. The third kappa shape index (κ3) is 2.42. The van der Waals surface area contributed by atoms with Crippen LogP contribution in [0.5, 0.6) is 5.75 Å². The fourth-order valence-corrected chi connectivity index (χ4v) is 2.40. The lowest BCUT2D eigenvalue weighted by Gasteiger charge is -2.06. The maximum absolute atomic E-state index is 14.1. The summed E-state index contributed by atoms with van der Waals surface area (Å²) in [6.45, 7) is -0.0222. The second-order valence-corrected chi connectivity index (χ2v) is 5.72. The number of nitrogens with two attached hydrogens (primary N) is 1. The number of aromatic nitrogens is 2. The van der Waals surface area contributed by atoms with Gasteiger partial charge < -0.3 is 15.4 Å². The van der Waals surface area contributed by atoms with Gasteiger partial charge in [-0.1, -0.05) is 5.16 Å². The van der Waals surface area contributed by atoms with Crippen LogP contribution in [-0.2, 0) is 16.4 Å². The van der Waals surface area contributed by atoms with Gasteiger partial charge in [-0.2, -0.15) is 4.98 Å². The third-order valence-corrected chi connectivity index (χ3v) is 3.46. The molecule has 0 saturated heterocycles. The Morgan fingerprint density at radius 2 is 2.16 bits per heavy atom. The highest BCUT2D eigenvalue weighted by atomic mass is 32.2. The van der Waals surface area contributed by atoms with Crippen molar-refractivity contribution < 1.29 is 22.4 Å². The molecule has 0 saturated carbocycles. The predicted octanol–water partition coefficient (Wildman–Crippen LogP) is 0.444. The quantitative estimate of drug-likeness (QED) is 0.840. The summed E-state index contributed by atoms with van der Waals surface area (Å²) in [7, 11) is -3.93. The van der Waals surface area contributed by atoms with E-state index in [1.807, 2.05) is 0 Å². The molecule has 1 aromatic heterocycles. The van der Waals surface area contributed by atoms with Gasteiger partial charge in [0.25, 0.3) is 0 Å². The number of hydrogen-bond donors (Lipinski definition) is 2. The zero-order valence-corrected chi connectivity index (χ0v) is 10.6. The first-order chi connectivity index (χ1) is 8.84. The second kappa shape index (κ2) is 4.59. The van der Waals surface area contributed by atoms with E-state index < -0.39 is 26.3 Å². The summed E-state index contributed by atoms with van der Waals surface area (Å²) in [6.07, 6.45) is 0.788. The lowest BCUT2D eigenvalue weighted by atomic mass is 10.2. The van der Waals surface area contributed by atoms with Crippen molar-refractivity contribution in [3.63, 3.8) is 0 Å². The first-order valence-electron chi connectivity index (χ1n) is 5.09. The van der Waals surface area contributed by atoms with Crippen LogP contribution < -0.4 is 5.73 Å². The molecule has 1 aromatic carbocycles. The van der Waals surface area contributed by atoms with E-state index >= 15 is 0 Å². The van der Waals surface area contributed by atoms with E-state index in [4.69, 9.17) is 10.3 Å². The normalized spacial score (nSPS) is 11.7. The van der Waals surface area contributed by atoms with Gasteiger partial charge >= 0.3 is 0 Å². The highest BCUT2D eigenvalue weighted by molar-refractivity contribution is 7.90. The van der Waals surface area contributed by atoms with Crippen molar-refractivity contribution in [1.82, 2.24) is 10.1 Å². The van der Waals surface area contributed by atoms with Crippen LogP contribution in [0.2, 0.25) is 0 Å². The van der Waals surface area contributed by atoms with E-state index in [9.17, 15) is 17.9 Å². The minimum Gasteiger partial charge on any atom is -0.506 e. The zero-order chi connectivity index (χ0) is 14.2. The lowest BCUT2D eigenvalue weighted by molar-refractivity contribution is 0.380. The minimum absolute atomic E-state index is 0.0222. The highest BCUT2D eigenvalue weighted by Gasteiger charge is 2.24. The maximum Gasteiger partial charge on any atom is 0.240 e. The van der Waals surface area contributed by atoms with Gasteiger partial charge in [-0.3, -0.25) is 0 Å². The van der Waals surface area contributed by atoms with E-state index in [0.717, 1.165) is 18.4 Å². The fourth-order valence-electron chi connectivity index (χ4n) is 1.52. The molecule has 3 N–H and O–H groups in total. The Hall–Kier alpha value is -2.00. The van der Waals surface area contributed by atoms with E-state index in [1.165, 1.54) is 0 Å². The van der Waals surface area contributed by atoms with Crippen molar-refractivity contribution in [2.75, 3.05) is 6.26 Å².